The Morgan fingerprint density at radius 3 is 2.06 bits per heavy atom. The van der Waals surface area contributed by atoms with Crippen LogP contribution >= 0.6 is 23.2 Å². The van der Waals surface area contributed by atoms with Crippen molar-refractivity contribution in [3.8, 4) is 0 Å². The number of carbonyl (C=O) groups is 1. The third-order valence-corrected chi connectivity index (χ3v) is 2.42. The first kappa shape index (κ1) is 14.2. The topological polar surface area (TPSA) is 73.7 Å². The molecule has 0 spiro atoms. The smallest absolute Gasteiger partial charge is 0.254 e. The molecule has 0 atom stereocenters. The van der Waals surface area contributed by atoms with E-state index in [1.54, 1.807) is 0 Å². The maximum atomic E-state index is 12.0. The highest BCUT2D eigenvalue weighted by Crippen LogP contribution is 2.16. The molecule has 0 radical (unpaired) electrons. The summed E-state index contributed by atoms with van der Waals surface area (Å²) in [4.78, 5) is 17.0. The number of hydrogen-bond donors (Lipinski definition) is 2. The summed E-state index contributed by atoms with van der Waals surface area (Å²) in [5, 5.41) is 17.9. The molecule has 1 heterocycles. The number of aromatic nitrogens is 1. The van der Waals surface area contributed by atoms with E-state index in [1.807, 2.05) is 0 Å². The maximum Gasteiger partial charge on any atom is 0.254 e. The van der Waals surface area contributed by atoms with E-state index in [4.69, 9.17) is 33.4 Å². The first-order valence-electron chi connectivity index (χ1n) is 4.92. The summed E-state index contributed by atoms with van der Waals surface area (Å²) in [5.41, 5.74) is 0.275. The van der Waals surface area contributed by atoms with E-state index in [0.29, 0.717) is 0 Å². The van der Waals surface area contributed by atoms with Crippen molar-refractivity contribution in [2.75, 3.05) is 26.3 Å². The molecule has 1 aromatic heterocycles. The molecule has 1 rings (SSSR count). The predicted molar refractivity (Wildman–Crippen MR) is 64.3 cm³/mol. The molecule has 0 aromatic carbocycles. The van der Waals surface area contributed by atoms with E-state index >= 15 is 0 Å². The van der Waals surface area contributed by atoms with Gasteiger partial charge in [-0.1, -0.05) is 23.2 Å². The molecule has 0 bridgehead atoms. The van der Waals surface area contributed by atoms with Gasteiger partial charge in [0.15, 0.2) is 0 Å². The largest absolute Gasteiger partial charge is 0.395 e. The van der Waals surface area contributed by atoms with Crippen molar-refractivity contribution < 1.29 is 15.0 Å². The van der Waals surface area contributed by atoms with Gasteiger partial charge in [-0.25, -0.2) is 4.98 Å². The van der Waals surface area contributed by atoms with Gasteiger partial charge >= 0.3 is 0 Å². The van der Waals surface area contributed by atoms with E-state index in [0.717, 1.165) is 0 Å². The first-order chi connectivity index (χ1) is 8.08. The van der Waals surface area contributed by atoms with Crippen LogP contribution in [0.1, 0.15) is 10.4 Å². The van der Waals surface area contributed by atoms with Crippen molar-refractivity contribution in [3.63, 3.8) is 0 Å². The standard InChI is InChI=1S/C10H12Cl2N2O3/c11-8-5-7(6-9(12)13-8)10(17)14(1-3-15)2-4-16/h5-6,15-16H,1-4H2. The molecule has 0 aliphatic heterocycles. The van der Waals surface area contributed by atoms with Crippen molar-refractivity contribution in [2.45, 2.75) is 0 Å². The number of rotatable bonds is 5. The zero-order valence-corrected chi connectivity index (χ0v) is 10.4. The molecular weight excluding hydrogens is 267 g/mol. The van der Waals surface area contributed by atoms with Crippen LogP contribution in [-0.2, 0) is 0 Å². The second-order valence-corrected chi connectivity index (χ2v) is 4.02. The zero-order valence-electron chi connectivity index (χ0n) is 8.94. The van der Waals surface area contributed by atoms with Crippen molar-refractivity contribution in [1.29, 1.82) is 0 Å². The molecule has 0 aliphatic rings. The summed E-state index contributed by atoms with van der Waals surface area (Å²) in [7, 11) is 0. The van der Waals surface area contributed by atoms with Crippen molar-refractivity contribution in [1.82, 2.24) is 9.88 Å². The Bertz CT molecular complexity index is 375. The van der Waals surface area contributed by atoms with Gasteiger partial charge in [0.2, 0.25) is 0 Å². The van der Waals surface area contributed by atoms with E-state index in [2.05, 4.69) is 4.98 Å². The van der Waals surface area contributed by atoms with E-state index < -0.39 is 0 Å². The number of pyridine rings is 1. The average Bonchev–Trinajstić information content (AvgIpc) is 2.26. The van der Waals surface area contributed by atoms with Gasteiger partial charge in [0.25, 0.3) is 5.91 Å². The Morgan fingerprint density at radius 2 is 1.65 bits per heavy atom. The highest BCUT2D eigenvalue weighted by molar-refractivity contribution is 6.33. The van der Waals surface area contributed by atoms with Gasteiger partial charge in [-0.3, -0.25) is 4.79 Å². The molecule has 94 valence electrons. The number of aliphatic hydroxyl groups excluding tert-OH is 2. The van der Waals surface area contributed by atoms with Gasteiger partial charge in [-0.2, -0.15) is 0 Å². The minimum Gasteiger partial charge on any atom is -0.395 e. The number of nitrogens with zero attached hydrogens (tertiary/aromatic N) is 2. The van der Waals surface area contributed by atoms with Gasteiger partial charge in [-0.15, -0.1) is 0 Å². The van der Waals surface area contributed by atoms with Crippen molar-refractivity contribution in [2.24, 2.45) is 0 Å². The third-order valence-electron chi connectivity index (χ3n) is 2.04. The lowest BCUT2D eigenvalue weighted by Gasteiger charge is -2.20. The average molecular weight is 279 g/mol. The fourth-order valence-corrected chi connectivity index (χ4v) is 1.79. The number of halogens is 2. The van der Waals surface area contributed by atoms with Gasteiger partial charge < -0.3 is 15.1 Å². The minimum atomic E-state index is -0.362. The molecule has 0 unspecified atom stereocenters. The molecule has 5 nitrogen and oxygen atoms in total. The highest BCUT2D eigenvalue weighted by Gasteiger charge is 2.16. The molecule has 0 aliphatic carbocycles. The Hall–Kier alpha value is -0.880. The van der Waals surface area contributed by atoms with Gasteiger partial charge in [0.05, 0.1) is 13.2 Å². The second kappa shape index (κ2) is 6.76. The molecule has 1 amide bonds. The lowest BCUT2D eigenvalue weighted by Crippen LogP contribution is -2.35. The Labute approximate surface area is 109 Å². The Morgan fingerprint density at radius 1 is 1.18 bits per heavy atom. The lowest BCUT2D eigenvalue weighted by atomic mass is 10.2. The number of hydrogen-bond acceptors (Lipinski definition) is 4. The zero-order chi connectivity index (χ0) is 12.8. The first-order valence-corrected chi connectivity index (χ1v) is 5.68. The summed E-state index contributed by atoms with van der Waals surface area (Å²) < 4.78 is 0. The van der Waals surface area contributed by atoms with E-state index in [9.17, 15) is 4.79 Å². The molecule has 7 heteroatoms. The predicted octanol–water partition coefficient (Wildman–Crippen LogP) is 0.815. The van der Waals surface area contributed by atoms with Gasteiger partial charge in [0, 0.05) is 18.7 Å². The van der Waals surface area contributed by atoms with Crippen LogP contribution in [0.15, 0.2) is 12.1 Å². The van der Waals surface area contributed by atoms with Crippen LogP contribution in [0.5, 0.6) is 0 Å². The molecule has 17 heavy (non-hydrogen) atoms. The SMILES string of the molecule is O=C(c1cc(Cl)nc(Cl)c1)N(CCO)CCO. The third kappa shape index (κ3) is 4.12. The van der Waals surface area contributed by atoms with Crippen LogP contribution in [0, 0.1) is 0 Å². The van der Waals surface area contributed by atoms with Crippen molar-refractivity contribution >= 4 is 29.1 Å². The van der Waals surface area contributed by atoms with E-state index in [-0.39, 0.29) is 48.1 Å². The fourth-order valence-electron chi connectivity index (χ4n) is 1.33. The lowest BCUT2D eigenvalue weighted by molar-refractivity contribution is 0.0684. The highest BCUT2D eigenvalue weighted by atomic mass is 35.5. The summed E-state index contributed by atoms with van der Waals surface area (Å²) in [6.07, 6.45) is 0. The van der Waals surface area contributed by atoms with Crippen LogP contribution in [0.3, 0.4) is 0 Å². The molecular formula is C10H12Cl2N2O3. The van der Waals surface area contributed by atoms with Crippen LogP contribution in [-0.4, -0.2) is 52.3 Å². The van der Waals surface area contributed by atoms with Crippen molar-refractivity contribution in [3.05, 3.63) is 28.0 Å². The maximum absolute atomic E-state index is 12.0. The Kier molecular flexibility index (Phi) is 5.64. The van der Waals surface area contributed by atoms with Crippen LogP contribution < -0.4 is 0 Å². The molecule has 0 saturated heterocycles. The molecule has 0 fully saturated rings. The molecule has 2 N–H and O–H groups in total. The normalized spacial score (nSPS) is 10.4. The van der Waals surface area contributed by atoms with Crippen LogP contribution in [0.25, 0.3) is 0 Å². The molecule has 0 saturated carbocycles. The van der Waals surface area contributed by atoms with Gasteiger partial charge in [0.1, 0.15) is 10.3 Å². The Balaban J connectivity index is 2.92. The monoisotopic (exact) mass is 278 g/mol. The molecule has 1 aromatic rings. The van der Waals surface area contributed by atoms with Gasteiger partial charge in [-0.05, 0) is 12.1 Å². The van der Waals surface area contributed by atoms with Crippen LogP contribution in [0.2, 0.25) is 10.3 Å². The number of amides is 1. The second-order valence-electron chi connectivity index (χ2n) is 3.24. The number of carbonyl (C=O) groups excluding carboxylic acids is 1. The summed E-state index contributed by atoms with van der Waals surface area (Å²) in [5.74, 6) is -0.362. The summed E-state index contributed by atoms with van der Waals surface area (Å²) in [6.45, 7) is -0.0928. The minimum absolute atomic E-state index is 0.119. The summed E-state index contributed by atoms with van der Waals surface area (Å²) in [6, 6.07) is 2.77. The summed E-state index contributed by atoms with van der Waals surface area (Å²) >= 11 is 11.4. The van der Waals surface area contributed by atoms with E-state index in [1.165, 1.54) is 17.0 Å². The number of aliphatic hydroxyl groups is 2. The van der Waals surface area contributed by atoms with Crippen LogP contribution in [0.4, 0.5) is 0 Å². The fraction of sp³-hybridized carbons (Fsp3) is 0.400. The quantitative estimate of drug-likeness (QED) is 0.782.